The van der Waals surface area contributed by atoms with Gasteiger partial charge in [0.25, 0.3) is 10.9 Å². The molecule has 0 aliphatic heterocycles. The minimum atomic E-state index is -1.12. The Labute approximate surface area is 154 Å². The lowest BCUT2D eigenvalue weighted by Gasteiger charge is -2.29. The smallest absolute Gasteiger partial charge is 0.404 e. The van der Waals surface area contributed by atoms with E-state index < -0.39 is 17.0 Å². The molecule has 0 bridgehead atoms. The standard InChI is InChI=1S/C17H31N5O4/c1-20(2)9-5-11-22(12-6-10-21(3)4)14-13(15(23)16(14)24)18-7-8-19-17(25)26/h18-19H,5-12H2,1-4H3,(H,25,26). The van der Waals surface area contributed by atoms with E-state index in [1.807, 2.05) is 33.1 Å². The number of rotatable bonds is 13. The molecular weight excluding hydrogens is 338 g/mol. The van der Waals surface area contributed by atoms with Crippen molar-refractivity contribution >= 4 is 17.5 Å². The first-order chi connectivity index (χ1) is 12.2. The van der Waals surface area contributed by atoms with Gasteiger partial charge in [-0.25, -0.2) is 4.79 Å². The van der Waals surface area contributed by atoms with Gasteiger partial charge in [0.2, 0.25) is 0 Å². The predicted octanol–water partition coefficient (Wildman–Crippen LogP) is -0.328. The van der Waals surface area contributed by atoms with Crippen LogP contribution in [0.1, 0.15) is 12.8 Å². The first kappa shape index (κ1) is 21.9. The van der Waals surface area contributed by atoms with E-state index in [-0.39, 0.29) is 13.1 Å². The summed E-state index contributed by atoms with van der Waals surface area (Å²) in [5.74, 6) is 0. The van der Waals surface area contributed by atoms with E-state index in [0.29, 0.717) is 24.5 Å². The highest BCUT2D eigenvalue weighted by Gasteiger charge is 2.25. The molecule has 3 N–H and O–H groups in total. The third-order valence-electron chi connectivity index (χ3n) is 3.97. The van der Waals surface area contributed by atoms with Crippen molar-refractivity contribution in [2.24, 2.45) is 0 Å². The minimum Gasteiger partial charge on any atom is -0.465 e. The number of nitrogens with one attached hydrogen (secondary N) is 2. The van der Waals surface area contributed by atoms with Gasteiger partial charge in [-0.1, -0.05) is 0 Å². The Balaban J connectivity index is 2.76. The number of anilines is 2. The van der Waals surface area contributed by atoms with Gasteiger partial charge in [-0.3, -0.25) is 9.59 Å². The molecule has 0 aliphatic rings. The highest BCUT2D eigenvalue weighted by atomic mass is 16.4. The summed E-state index contributed by atoms with van der Waals surface area (Å²) < 4.78 is 0. The number of carbonyl (C=O) groups is 1. The Kier molecular flexibility index (Phi) is 9.08. The second-order valence-electron chi connectivity index (χ2n) is 6.84. The SMILES string of the molecule is CN(C)CCCN(CCCN(C)C)c1c(NCCNC(=O)O)c(=O)c1=O. The molecule has 1 aromatic rings. The third kappa shape index (κ3) is 7.01. The molecule has 0 fully saturated rings. The van der Waals surface area contributed by atoms with Crippen LogP contribution in [0, 0.1) is 0 Å². The van der Waals surface area contributed by atoms with E-state index in [1.165, 1.54) is 0 Å². The average molecular weight is 369 g/mol. The largest absolute Gasteiger partial charge is 0.465 e. The lowest BCUT2D eigenvalue weighted by molar-refractivity contribution is 0.195. The lowest BCUT2D eigenvalue weighted by Crippen LogP contribution is -2.44. The van der Waals surface area contributed by atoms with Crippen LogP contribution >= 0.6 is 0 Å². The second kappa shape index (κ2) is 10.8. The van der Waals surface area contributed by atoms with Crippen LogP contribution in [0.4, 0.5) is 16.2 Å². The molecule has 1 amide bonds. The van der Waals surface area contributed by atoms with Crippen LogP contribution in [0.25, 0.3) is 0 Å². The van der Waals surface area contributed by atoms with Crippen molar-refractivity contribution in [1.82, 2.24) is 15.1 Å². The molecule has 1 rings (SSSR count). The molecule has 0 unspecified atom stereocenters. The van der Waals surface area contributed by atoms with Gasteiger partial charge >= 0.3 is 6.09 Å². The molecule has 148 valence electrons. The molecule has 0 aliphatic carbocycles. The summed E-state index contributed by atoms with van der Waals surface area (Å²) in [5, 5.41) is 13.7. The fourth-order valence-electron chi connectivity index (χ4n) is 2.69. The first-order valence-electron chi connectivity index (χ1n) is 8.82. The number of nitrogens with zero attached hydrogens (tertiary/aromatic N) is 3. The van der Waals surface area contributed by atoms with Crippen LogP contribution in [-0.4, -0.2) is 88.5 Å². The summed E-state index contributed by atoms with van der Waals surface area (Å²) in [6.07, 6.45) is 0.646. The molecule has 26 heavy (non-hydrogen) atoms. The summed E-state index contributed by atoms with van der Waals surface area (Å²) in [5.41, 5.74) is -0.256. The third-order valence-corrected chi connectivity index (χ3v) is 3.97. The Hall–Kier alpha value is -2.13. The number of hydrogen-bond donors (Lipinski definition) is 3. The first-order valence-corrected chi connectivity index (χ1v) is 8.82. The van der Waals surface area contributed by atoms with Gasteiger partial charge < -0.3 is 30.4 Å². The van der Waals surface area contributed by atoms with Crippen molar-refractivity contribution < 1.29 is 9.90 Å². The Morgan fingerprint density at radius 3 is 1.88 bits per heavy atom. The average Bonchev–Trinajstić information content (AvgIpc) is 2.55. The zero-order valence-corrected chi connectivity index (χ0v) is 16.2. The molecule has 0 saturated heterocycles. The maximum atomic E-state index is 12.1. The van der Waals surface area contributed by atoms with Crippen LogP contribution in [0.15, 0.2) is 9.59 Å². The van der Waals surface area contributed by atoms with Crippen molar-refractivity contribution in [3.63, 3.8) is 0 Å². The van der Waals surface area contributed by atoms with Crippen molar-refractivity contribution in [3.8, 4) is 0 Å². The highest BCUT2D eigenvalue weighted by Crippen LogP contribution is 2.20. The van der Waals surface area contributed by atoms with Crippen LogP contribution < -0.4 is 26.4 Å². The predicted molar refractivity (Wildman–Crippen MR) is 104 cm³/mol. The van der Waals surface area contributed by atoms with Gasteiger partial charge in [-0.15, -0.1) is 0 Å². The molecular formula is C17H31N5O4. The van der Waals surface area contributed by atoms with Crippen molar-refractivity contribution in [2.45, 2.75) is 12.8 Å². The van der Waals surface area contributed by atoms with Gasteiger partial charge in [0.05, 0.1) is 0 Å². The van der Waals surface area contributed by atoms with Crippen molar-refractivity contribution in [3.05, 3.63) is 20.4 Å². The lowest BCUT2D eigenvalue weighted by atomic mass is 10.1. The van der Waals surface area contributed by atoms with Gasteiger partial charge in [-0.2, -0.15) is 0 Å². The molecule has 0 radical (unpaired) electrons. The zero-order chi connectivity index (χ0) is 19.7. The van der Waals surface area contributed by atoms with Gasteiger partial charge in [0.15, 0.2) is 0 Å². The number of hydrogen-bond acceptors (Lipinski definition) is 7. The van der Waals surface area contributed by atoms with E-state index in [1.54, 1.807) is 0 Å². The van der Waals surface area contributed by atoms with E-state index in [9.17, 15) is 14.4 Å². The van der Waals surface area contributed by atoms with Gasteiger partial charge in [0.1, 0.15) is 11.4 Å². The molecule has 0 atom stereocenters. The van der Waals surface area contributed by atoms with E-state index in [4.69, 9.17) is 5.11 Å². The van der Waals surface area contributed by atoms with Crippen molar-refractivity contribution in [2.75, 3.05) is 77.7 Å². The summed E-state index contributed by atoms with van der Waals surface area (Å²) >= 11 is 0. The molecule has 0 heterocycles. The number of amides is 1. The molecule has 0 aromatic heterocycles. The molecule has 0 spiro atoms. The summed E-state index contributed by atoms with van der Waals surface area (Å²) in [4.78, 5) is 40.7. The van der Waals surface area contributed by atoms with Gasteiger partial charge in [0, 0.05) is 26.2 Å². The number of carboxylic acid groups (broad SMARTS) is 1. The Morgan fingerprint density at radius 1 is 0.885 bits per heavy atom. The van der Waals surface area contributed by atoms with E-state index in [2.05, 4.69) is 20.4 Å². The Bertz CT molecular complexity index is 623. The monoisotopic (exact) mass is 369 g/mol. The van der Waals surface area contributed by atoms with Crippen LogP contribution in [0.3, 0.4) is 0 Å². The van der Waals surface area contributed by atoms with Crippen LogP contribution in [0.5, 0.6) is 0 Å². The summed E-state index contributed by atoms with van der Waals surface area (Å²) in [6, 6.07) is 0. The highest BCUT2D eigenvalue weighted by molar-refractivity contribution is 5.75. The molecule has 0 saturated carbocycles. The topological polar surface area (TPSA) is 105 Å². The van der Waals surface area contributed by atoms with Crippen LogP contribution in [-0.2, 0) is 0 Å². The summed E-state index contributed by atoms with van der Waals surface area (Å²) in [7, 11) is 7.98. The second-order valence-corrected chi connectivity index (χ2v) is 6.84. The maximum Gasteiger partial charge on any atom is 0.404 e. The van der Waals surface area contributed by atoms with E-state index >= 15 is 0 Å². The fraction of sp³-hybridized carbons (Fsp3) is 0.706. The fourth-order valence-corrected chi connectivity index (χ4v) is 2.69. The molecule has 1 aromatic carbocycles. The van der Waals surface area contributed by atoms with E-state index in [0.717, 1.165) is 25.9 Å². The Morgan fingerprint density at radius 2 is 1.42 bits per heavy atom. The maximum absolute atomic E-state index is 12.1. The minimum absolute atomic E-state index is 0.162. The molecule has 9 heteroatoms. The molecule has 9 nitrogen and oxygen atoms in total. The summed E-state index contributed by atoms with van der Waals surface area (Å²) in [6.45, 7) is 3.59. The van der Waals surface area contributed by atoms with Gasteiger partial charge in [-0.05, 0) is 54.1 Å². The quantitative estimate of drug-likeness (QED) is 0.321. The van der Waals surface area contributed by atoms with Crippen molar-refractivity contribution in [1.29, 1.82) is 0 Å². The zero-order valence-electron chi connectivity index (χ0n) is 16.2. The normalized spacial score (nSPS) is 11.3. The van der Waals surface area contributed by atoms with Crippen LogP contribution in [0.2, 0.25) is 0 Å².